The van der Waals surface area contributed by atoms with Crippen LogP contribution >= 0.6 is 50.7 Å². The molecule has 1 aliphatic rings. The van der Waals surface area contributed by atoms with Gasteiger partial charge < -0.3 is 86.2 Å². The molecule has 13 rings (SSSR count). The second-order valence-electron chi connectivity index (χ2n) is 32.8. The number of hydrogen-bond acceptors (Lipinski definition) is 27. The maximum absolute atomic E-state index is 11.8. The number of methoxy groups -OCH3 is 2. The fraction of sp³-hybridized carbons (Fsp3) is 0.270. The number of carbonyl (C=O) groups excluding carboxylic acids is 3. The average Bonchev–Trinajstić information content (AvgIpc) is 1.68. The fourth-order valence-corrected chi connectivity index (χ4v) is 14.3. The lowest BCUT2D eigenvalue weighted by molar-refractivity contribution is -0.141. The number of phenolic OH excluding ortho intramolecular Hbond substituents is 1. The highest BCUT2D eigenvalue weighted by Gasteiger charge is 2.35. The first-order valence-electron chi connectivity index (χ1n) is 47.1. The van der Waals surface area contributed by atoms with E-state index in [0.29, 0.717) is 65.1 Å². The molecule has 770 valence electrons. The molecule has 1 fully saturated rings. The number of aliphatic hydroxyl groups excluding tert-OH is 3. The van der Waals surface area contributed by atoms with Crippen LogP contribution in [-0.2, 0) is 133 Å². The molecule has 0 saturated carbocycles. The summed E-state index contributed by atoms with van der Waals surface area (Å²) in [5.74, 6) is 1.31. The predicted molar refractivity (Wildman–Crippen MR) is 592 cm³/mol. The molecule has 0 amide bonds. The van der Waals surface area contributed by atoms with Gasteiger partial charge in [0.15, 0.2) is 0 Å². The first-order valence-corrected chi connectivity index (χ1v) is 49.9. The highest BCUT2D eigenvalue weighted by molar-refractivity contribution is 9.08. The maximum atomic E-state index is 11.8. The van der Waals surface area contributed by atoms with Crippen molar-refractivity contribution >= 4 is 152 Å². The van der Waals surface area contributed by atoms with E-state index in [9.17, 15) is 24.6 Å². The van der Waals surface area contributed by atoms with Crippen molar-refractivity contribution in [3.8, 4) is 34.5 Å². The molecule has 0 bridgehead atoms. The first kappa shape index (κ1) is 123. The van der Waals surface area contributed by atoms with Crippen LogP contribution < -0.4 is 23.7 Å². The number of epoxide rings is 1. The maximum Gasteiger partial charge on any atom is 0.386 e. The molecular formula is C111H124B6BrCl3N6O21. The number of aliphatic hydroxyl groups is 3. The Morgan fingerprint density at radius 1 is 0.338 bits per heavy atom. The van der Waals surface area contributed by atoms with Gasteiger partial charge in [0.2, 0.25) is 0 Å². The zero-order valence-corrected chi connectivity index (χ0v) is 86.8. The smallest absolute Gasteiger partial charge is 0.386 e. The van der Waals surface area contributed by atoms with Crippen molar-refractivity contribution in [2.24, 2.45) is 0 Å². The van der Waals surface area contributed by atoms with Gasteiger partial charge in [-0.2, -0.15) is 0 Å². The van der Waals surface area contributed by atoms with Gasteiger partial charge in [-0.1, -0.05) is 271 Å². The van der Waals surface area contributed by atoms with E-state index in [4.69, 9.17) is 134 Å². The lowest BCUT2D eigenvalue weighted by atomic mass is 9.72. The molecule has 148 heavy (non-hydrogen) atoms. The number of benzene rings is 12. The van der Waals surface area contributed by atoms with Crippen LogP contribution in [0, 0.1) is 32.5 Å². The molecule has 27 nitrogen and oxygen atoms in total. The number of ketones is 1. The molecule has 12 aromatic rings. The standard InChI is InChI=1S/2C18H20BClNO3.C18H18BClNO3.C18H19BNO4.C18H19BNO3.C11H13BNO4.C7H7Br.C3H8O/c3*20-11-18(22)17(19-24-13-21)10-14-6-8-16(9-7-14)23-12-15-4-2-1-3-5-15;1-22-18(21)17(19-24-13-20)11-14-7-9-16(10-8-14)23-12-15-5-3-2-4-6-15;20-13-23-19-17(18-12-22-18)10-14-6-8-16(9-7-14)21-11-15-4-2-1-3-5-15;1-16-11(15)10(12-17-7-13)6-8-2-4-9(14)5-3-8;8-6-7-4-2-1-3-5-7;1-3(2)4/h2*1-9,13,17-18,21-22H,10-12H2;1-9,13,17,21H,10-12H2;2-10,13,17,20H,11-12H2,1H3;1-9,13,17-18,20H,10-12H2;2-5,7,10,13-14H,6H2,1H3;1-5H,6H2;3-4H,1-2H3/t17-,18+;17-,18-;2*17-;17-,18+;10-;;/m000000../s1. The Morgan fingerprint density at radius 3 is 0.804 bits per heavy atom. The van der Waals surface area contributed by atoms with Crippen LogP contribution in [0.15, 0.2) is 328 Å². The van der Waals surface area contributed by atoms with Crippen molar-refractivity contribution in [2.45, 2.75) is 150 Å². The van der Waals surface area contributed by atoms with E-state index in [-0.39, 0.29) is 58.8 Å². The van der Waals surface area contributed by atoms with Crippen molar-refractivity contribution in [2.75, 3.05) is 38.5 Å². The number of hydrogen-bond donors (Lipinski definition) is 10. The summed E-state index contributed by atoms with van der Waals surface area (Å²) in [7, 11) is 11.1. The Bertz CT molecular complexity index is 5370. The average molecular weight is 2130 g/mol. The van der Waals surface area contributed by atoms with Gasteiger partial charge in [-0.15, -0.1) is 34.8 Å². The first-order chi connectivity index (χ1) is 72.1. The van der Waals surface area contributed by atoms with Crippen LogP contribution in [0.5, 0.6) is 34.5 Å². The summed E-state index contributed by atoms with van der Waals surface area (Å²) in [6.45, 7) is 6.84. The second-order valence-corrected chi connectivity index (χ2v) is 34.3. The van der Waals surface area contributed by atoms with E-state index >= 15 is 0 Å². The van der Waals surface area contributed by atoms with Gasteiger partial charge in [-0.05, 0) is 192 Å². The quantitative estimate of drug-likeness (QED) is 0.00423. The molecule has 6 radical (unpaired) electrons. The van der Waals surface area contributed by atoms with Crippen molar-refractivity contribution in [3.63, 3.8) is 0 Å². The number of ether oxygens (including phenoxy) is 8. The third-order valence-corrected chi connectivity index (χ3v) is 22.7. The van der Waals surface area contributed by atoms with Crippen LogP contribution in [0.25, 0.3) is 0 Å². The minimum absolute atomic E-state index is 0.0825. The molecule has 1 heterocycles. The minimum Gasteiger partial charge on any atom is -0.555 e. The molecule has 1 aliphatic heterocycles. The molecule has 37 heteroatoms. The van der Waals surface area contributed by atoms with Crippen molar-refractivity contribution in [1.82, 2.24) is 0 Å². The summed E-state index contributed by atoms with van der Waals surface area (Å²) >= 11 is 20.4. The van der Waals surface area contributed by atoms with Crippen LogP contribution in [0.3, 0.4) is 0 Å². The fourth-order valence-electron chi connectivity index (χ4n) is 13.3. The van der Waals surface area contributed by atoms with Crippen molar-refractivity contribution < 1.29 is 101 Å². The summed E-state index contributed by atoms with van der Waals surface area (Å²) in [5.41, 5.74) is 13.0. The Kier molecular flexibility index (Phi) is 63.3. The van der Waals surface area contributed by atoms with Gasteiger partial charge >= 0.3 is 56.8 Å². The molecular weight excluding hydrogens is 2000 g/mol. The second kappa shape index (κ2) is 76.1. The van der Waals surface area contributed by atoms with Gasteiger partial charge in [0.1, 0.15) is 112 Å². The number of halogens is 4. The molecule has 1 saturated heterocycles. The zero-order valence-electron chi connectivity index (χ0n) is 82.9. The number of rotatable bonds is 55. The molecule has 9 atom stereocenters. The van der Waals surface area contributed by atoms with E-state index in [1.54, 1.807) is 45.6 Å². The van der Waals surface area contributed by atoms with E-state index in [1.807, 2.05) is 279 Å². The summed E-state index contributed by atoms with van der Waals surface area (Å²) in [4.78, 5) is 35.0. The molecule has 0 spiro atoms. The Morgan fingerprint density at radius 2 is 0.568 bits per heavy atom. The molecule has 0 unspecified atom stereocenters. The minimum atomic E-state index is -0.722. The lowest BCUT2D eigenvalue weighted by Crippen LogP contribution is -2.25. The molecule has 12 aromatic carbocycles. The monoisotopic (exact) mass is 2130 g/mol. The Hall–Kier alpha value is -13.6. The number of esters is 2. The molecule has 10 N–H and O–H groups in total. The predicted octanol–water partition coefficient (Wildman–Crippen LogP) is 20.9. The van der Waals surface area contributed by atoms with E-state index in [0.717, 1.165) is 141 Å². The number of aromatic hydroxyl groups is 1. The SMILES string of the molecule is BrCc1ccccc1.CC(C)O.COC(=O)[C@@H]([B]OC=N)Cc1ccc(O)cc1.COC(=O)[C@@H]([B]OC=N)Cc1ccc(OCc2ccccc2)cc1.N=CO[B][C@@H](Cc1ccc(OCc2ccccc2)cc1)C(=O)CCl.N=CO[B][C@@H](Cc1ccc(OCc2ccccc2)cc1)[C@@H](O)CCl.N=CO[B][C@@H](Cc1ccc(OCc2ccccc2)cc1)[C@H](O)CCl.N=CO[B][C@@H](Cc1ccc(OCc2ccccc2)cc1)[C@H]1CO1. The third-order valence-electron chi connectivity index (χ3n) is 21.2. The van der Waals surface area contributed by atoms with Crippen LogP contribution in [0.2, 0.25) is 34.9 Å². The van der Waals surface area contributed by atoms with E-state index in [1.165, 1.54) is 62.8 Å². The largest absolute Gasteiger partial charge is 0.555 e. The van der Waals surface area contributed by atoms with Gasteiger partial charge in [-0.25, -0.2) is 0 Å². The van der Waals surface area contributed by atoms with Gasteiger partial charge in [0.05, 0.1) is 56.7 Å². The van der Waals surface area contributed by atoms with Gasteiger partial charge in [0, 0.05) is 46.5 Å². The third kappa shape index (κ3) is 53.7. The van der Waals surface area contributed by atoms with Crippen LogP contribution in [0.4, 0.5) is 0 Å². The summed E-state index contributed by atoms with van der Waals surface area (Å²) in [6.07, 6.45) is 6.76. The summed E-state index contributed by atoms with van der Waals surface area (Å²) in [5, 5.41) is 79.3. The van der Waals surface area contributed by atoms with Crippen LogP contribution in [-0.4, -0.2) is 184 Å². The number of alkyl halides is 4. The van der Waals surface area contributed by atoms with Crippen molar-refractivity contribution in [1.29, 1.82) is 32.5 Å². The highest BCUT2D eigenvalue weighted by Crippen LogP contribution is 2.31. The van der Waals surface area contributed by atoms with Gasteiger partial charge in [0.25, 0.3) is 0 Å². The topological polar surface area (TPSA) is 408 Å². The number of carbonyl (C=O) groups is 3. The Labute approximate surface area is 896 Å². The van der Waals surface area contributed by atoms with Gasteiger partial charge in [-0.3, -0.25) is 46.8 Å². The summed E-state index contributed by atoms with van der Waals surface area (Å²) < 4.78 is 72.5. The highest BCUT2D eigenvalue weighted by atomic mass is 79.9. The Balaban J connectivity index is 0.000000265. The number of phenols is 1. The number of Topliss-reactive ketones (excluding diaryl/α,β-unsaturated/α-hetero) is 1. The summed E-state index contributed by atoms with van der Waals surface area (Å²) in [6, 6.07) is 105. The van der Waals surface area contributed by atoms with Crippen LogP contribution in [0.1, 0.15) is 80.6 Å². The molecule has 0 aromatic heterocycles. The normalized spacial score (nSPS) is 12.6. The van der Waals surface area contributed by atoms with E-state index < -0.39 is 41.6 Å². The van der Waals surface area contributed by atoms with E-state index in [2.05, 4.69) is 49.6 Å². The molecule has 0 aliphatic carbocycles. The van der Waals surface area contributed by atoms with Crippen molar-refractivity contribution in [3.05, 3.63) is 394 Å². The number of nitrogens with one attached hydrogen (secondary N) is 6. The zero-order chi connectivity index (χ0) is 107. The lowest BCUT2D eigenvalue weighted by Gasteiger charge is -2.19.